The monoisotopic (exact) mass is 283 g/mol. The van der Waals surface area contributed by atoms with E-state index >= 15 is 0 Å². The zero-order valence-electron chi connectivity index (χ0n) is 11.2. The Labute approximate surface area is 118 Å². The van der Waals surface area contributed by atoms with Crippen molar-refractivity contribution in [1.82, 2.24) is 4.90 Å². The number of benzene rings is 1. The Balaban J connectivity index is 2.38. The average Bonchev–Trinajstić information content (AvgIpc) is 2.32. The Morgan fingerprint density at radius 1 is 1.26 bits per heavy atom. The minimum atomic E-state index is -0.465. The van der Waals surface area contributed by atoms with Gasteiger partial charge in [-0.25, -0.2) is 0 Å². The van der Waals surface area contributed by atoms with Crippen molar-refractivity contribution in [1.29, 1.82) is 0 Å². The van der Waals surface area contributed by atoms with Gasteiger partial charge in [-0.15, -0.1) is 0 Å². The van der Waals surface area contributed by atoms with E-state index in [1.807, 2.05) is 36.2 Å². The third kappa shape index (κ3) is 6.36. The lowest BCUT2D eigenvalue weighted by atomic mass is 10.2. The number of carbonyl (C=O) groups excluding carboxylic acids is 2. The van der Waals surface area contributed by atoms with Crippen LogP contribution in [0.4, 0.5) is 0 Å². The lowest BCUT2D eigenvalue weighted by Gasteiger charge is -2.15. The maximum Gasteiger partial charge on any atom is 0.313 e. The van der Waals surface area contributed by atoms with E-state index in [2.05, 4.69) is 0 Å². The molecule has 5 heteroatoms. The van der Waals surface area contributed by atoms with E-state index in [0.717, 1.165) is 5.56 Å². The predicted molar refractivity (Wildman–Crippen MR) is 74.0 cm³/mol. The number of esters is 1. The molecular formula is C14H18ClNO3. The van der Waals surface area contributed by atoms with E-state index < -0.39 is 5.97 Å². The highest BCUT2D eigenvalue weighted by molar-refractivity contribution is 6.30. The van der Waals surface area contributed by atoms with Crippen LogP contribution >= 0.6 is 11.6 Å². The van der Waals surface area contributed by atoms with Crippen molar-refractivity contribution < 1.29 is 14.3 Å². The second-order valence-corrected chi connectivity index (χ2v) is 4.76. The normalized spacial score (nSPS) is 10.5. The van der Waals surface area contributed by atoms with Crippen LogP contribution in [-0.4, -0.2) is 36.9 Å². The van der Waals surface area contributed by atoms with Gasteiger partial charge in [-0.3, -0.25) is 14.5 Å². The number of hydrogen-bond donors (Lipinski definition) is 0. The van der Waals surface area contributed by atoms with E-state index in [1.165, 1.54) is 0 Å². The summed E-state index contributed by atoms with van der Waals surface area (Å²) < 4.78 is 4.73. The zero-order chi connectivity index (χ0) is 14.3. The van der Waals surface area contributed by atoms with Crippen molar-refractivity contribution in [3.05, 3.63) is 34.9 Å². The fourth-order valence-corrected chi connectivity index (χ4v) is 1.81. The summed E-state index contributed by atoms with van der Waals surface area (Å²) in [6, 6.07) is 7.44. The molecule has 104 valence electrons. The first-order valence-corrected chi connectivity index (χ1v) is 6.49. The maximum absolute atomic E-state index is 11.6. The van der Waals surface area contributed by atoms with Crippen LogP contribution in [-0.2, 0) is 20.9 Å². The van der Waals surface area contributed by atoms with Gasteiger partial charge in [0, 0.05) is 11.6 Å². The van der Waals surface area contributed by atoms with Gasteiger partial charge in [0.15, 0.2) is 5.78 Å². The van der Waals surface area contributed by atoms with Crippen LogP contribution in [0.25, 0.3) is 0 Å². The number of carbonyl (C=O) groups is 2. The molecule has 0 amide bonds. The first kappa shape index (κ1) is 15.7. The Kier molecular flexibility index (Phi) is 6.53. The van der Waals surface area contributed by atoms with Gasteiger partial charge in [0.25, 0.3) is 0 Å². The van der Waals surface area contributed by atoms with Crippen molar-refractivity contribution in [3.63, 3.8) is 0 Å². The lowest BCUT2D eigenvalue weighted by molar-refractivity contribution is -0.145. The van der Waals surface area contributed by atoms with Crippen LogP contribution in [0.15, 0.2) is 24.3 Å². The molecule has 0 aliphatic heterocycles. The van der Waals surface area contributed by atoms with E-state index in [1.54, 1.807) is 6.92 Å². The summed E-state index contributed by atoms with van der Waals surface area (Å²) in [6.45, 7) is 2.87. The number of hydrogen-bond acceptors (Lipinski definition) is 4. The van der Waals surface area contributed by atoms with Crippen molar-refractivity contribution in [2.24, 2.45) is 0 Å². The highest BCUT2D eigenvalue weighted by atomic mass is 35.5. The topological polar surface area (TPSA) is 46.6 Å². The van der Waals surface area contributed by atoms with Crippen LogP contribution in [0.1, 0.15) is 18.9 Å². The number of ketones is 1. The van der Waals surface area contributed by atoms with Gasteiger partial charge in [-0.1, -0.05) is 23.7 Å². The molecule has 0 bridgehead atoms. The summed E-state index contributed by atoms with van der Waals surface area (Å²) in [5.74, 6) is -0.609. The summed E-state index contributed by atoms with van der Waals surface area (Å²) in [5, 5.41) is 0.685. The number of nitrogens with zero attached hydrogens (tertiary/aromatic N) is 1. The van der Waals surface area contributed by atoms with Crippen molar-refractivity contribution in [2.75, 3.05) is 20.2 Å². The fourth-order valence-electron chi connectivity index (χ4n) is 1.69. The fraction of sp³-hybridized carbons (Fsp3) is 0.429. The lowest BCUT2D eigenvalue weighted by Crippen LogP contribution is -2.27. The molecule has 19 heavy (non-hydrogen) atoms. The minimum absolute atomic E-state index is 0.144. The van der Waals surface area contributed by atoms with Crippen LogP contribution in [0.3, 0.4) is 0 Å². The number of likely N-dealkylation sites (N-methyl/N-ethyl adjacent to an activating group) is 1. The number of Topliss-reactive ketones (excluding diaryl/α,β-unsaturated/α-hetero) is 1. The standard InChI is InChI=1S/C14H18ClNO3/c1-3-19-14(18)8-13(17)10-16(2)9-11-4-6-12(15)7-5-11/h4-7H,3,8-10H2,1-2H3. The molecule has 0 fully saturated rings. The maximum atomic E-state index is 11.6. The molecule has 0 radical (unpaired) electrons. The van der Waals surface area contributed by atoms with Gasteiger partial charge >= 0.3 is 5.97 Å². The van der Waals surface area contributed by atoms with Crippen molar-refractivity contribution >= 4 is 23.4 Å². The van der Waals surface area contributed by atoms with Crippen LogP contribution in [0, 0.1) is 0 Å². The van der Waals surface area contributed by atoms with Gasteiger partial charge in [0.1, 0.15) is 6.42 Å². The third-order valence-electron chi connectivity index (χ3n) is 2.46. The molecule has 0 saturated carbocycles. The molecule has 0 aliphatic rings. The second-order valence-electron chi connectivity index (χ2n) is 4.32. The highest BCUT2D eigenvalue weighted by Gasteiger charge is 2.12. The van der Waals surface area contributed by atoms with Gasteiger partial charge < -0.3 is 4.74 Å². The quantitative estimate of drug-likeness (QED) is 0.569. The SMILES string of the molecule is CCOC(=O)CC(=O)CN(C)Cc1ccc(Cl)cc1. The van der Waals surface area contributed by atoms with E-state index in [9.17, 15) is 9.59 Å². The Morgan fingerprint density at radius 2 is 1.89 bits per heavy atom. The molecule has 4 nitrogen and oxygen atoms in total. The third-order valence-corrected chi connectivity index (χ3v) is 2.71. The first-order chi connectivity index (χ1) is 9.01. The first-order valence-electron chi connectivity index (χ1n) is 6.11. The highest BCUT2D eigenvalue weighted by Crippen LogP contribution is 2.10. The molecule has 0 saturated heterocycles. The van der Waals surface area contributed by atoms with Gasteiger partial charge in [-0.2, -0.15) is 0 Å². The average molecular weight is 284 g/mol. The van der Waals surface area contributed by atoms with Crippen LogP contribution < -0.4 is 0 Å². The van der Waals surface area contributed by atoms with E-state index in [-0.39, 0.29) is 18.7 Å². The summed E-state index contributed by atoms with van der Waals surface area (Å²) in [4.78, 5) is 24.6. The molecule has 0 spiro atoms. The van der Waals surface area contributed by atoms with Gasteiger partial charge in [-0.05, 0) is 31.7 Å². The van der Waals surface area contributed by atoms with Crippen LogP contribution in [0.2, 0.25) is 5.02 Å². The molecule has 1 rings (SSSR count). The zero-order valence-corrected chi connectivity index (χ0v) is 11.9. The Morgan fingerprint density at radius 3 is 2.47 bits per heavy atom. The van der Waals surface area contributed by atoms with Gasteiger partial charge in [0.05, 0.1) is 13.2 Å². The molecule has 1 aromatic carbocycles. The largest absolute Gasteiger partial charge is 0.466 e. The van der Waals surface area contributed by atoms with Gasteiger partial charge in [0.2, 0.25) is 0 Å². The molecule has 0 atom stereocenters. The molecular weight excluding hydrogens is 266 g/mol. The number of halogens is 1. The van der Waals surface area contributed by atoms with Crippen molar-refractivity contribution in [3.8, 4) is 0 Å². The summed E-state index contributed by atoms with van der Waals surface area (Å²) in [6.07, 6.45) is -0.168. The molecule has 0 heterocycles. The number of ether oxygens (including phenoxy) is 1. The number of rotatable bonds is 7. The van der Waals surface area contributed by atoms with Crippen LogP contribution in [0.5, 0.6) is 0 Å². The van der Waals surface area contributed by atoms with E-state index in [0.29, 0.717) is 18.2 Å². The summed E-state index contributed by atoms with van der Waals surface area (Å²) >= 11 is 5.80. The molecule has 1 aromatic rings. The smallest absolute Gasteiger partial charge is 0.313 e. The molecule has 0 unspecified atom stereocenters. The molecule has 0 N–H and O–H groups in total. The molecule has 0 aliphatic carbocycles. The summed E-state index contributed by atoms with van der Waals surface area (Å²) in [5.41, 5.74) is 1.07. The second kappa shape index (κ2) is 7.92. The summed E-state index contributed by atoms with van der Waals surface area (Å²) in [7, 11) is 1.83. The molecule has 0 aromatic heterocycles. The van der Waals surface area contributed by atoms with E-state index in [4.69, 9.17) is 16.3 Å². The minimum Gasteiger partial charge on any atom is -0.466 e. The predicted octanol–water partition coefficient (Wildman–Crippen LogP) is 2.29. The Bertz CT molecular complexity index is 431. The van der Waals surface area contributed by atoms with Crippen molar-refractivity contribution in [2.45, 2.75) is 19.9 Å². The Hall–Kier alpha value is -1.39.